The predicted octanol–water partition coefficient (Wildman–Crippen LogP) is 3.05. The topological polar surface area (TPSA) is 75.6 Å². The highest BCUT2D eigenvalue weighted by atomic mass is 15.1. The van der Waals surface area contributed by atoms with Crippen LogP contribution in [0.4, 0.5) is 17.5 Å². The quantitative estimate of drug-likeness (QED) is 0.769. The van der Waals surface area contributed by atoms with E-state index in [2.05, 4.69) is 43.6 Å². The van der Waals surface area contributed by atoms with E-state index in [1.54, 1.807) is 6.20 Å². The molecule has 1 saturated carbocycles. The normalized spacial score (nSPS) is 14.0. The highest BCUT2D eigenvalue weighted by Gasteiger charge is 2.22. The van der Waals surface area contributed by atoms with Crippen LogP contribution in [0.25, 0.3) is 11.0 Å². The first-order valence-corrected chi connectivity index (χ1v) is 7.36. The highest BCUT2D eigenvalue weighted by molar-refractivity contribution is 5.87. The minimum absolute atomic E-state index is 0.509. The lowest BCUT2D eigenvalue weighted by molar-refractivity contribution is 1.06. The van der Waals surface area contributed by atoms with Gasteiger partial charge in [0.15, 0.2) is 5.82 Å². The van der Waals surface area contributed by atoms with E-state index in [1.165, 1.54) is 19.2 Å². The van der Waals surface area contributed by atoms with Crippen molar-refractivity contribution in [2.75, 3.05) is 10.6 Å². The van der Waals surface area contributed by atoms with Crippen LogP contribution in [0.1, 0.15) is 18.4 Å². The van der Waals surface area contributed by atoms with Crippen LogP contribution in [0.3, 0.4) is 0 Å². The zero-order valence-corrected chi connectivity index (χ0v) is 12.2. The van der Waals surface area contributed by atoms with Crippen LogP contribution in [0.5, 0.6) is 0 Å². The largest absolute Gasteiger partial charge is 0.351 e. The zero-order chi connectivity index (χ0) is 14.9. The van der Waals surface area contributed by atoms with Gasteiger partial charge in [0.25, 0.3) is 0 Å². The van der Waals surface area contributed by atoms with E-state index in [9.17, 15) is 0 Å². The van der Waals surface area contributed by atoms with Gasteiger partial charge in [-0.15, -0.1) is 0 Å². The maximum Gasteiger partial charge on any atom is 0.223 e. The van der Waals surface area contributed by atoms with Crippen molar-refractivity contribution in [1.29, 1.82) is 0 Å². The van der Waals surface area contributed by atoms with E-state index < -0.39 is 0 Å². The number of nitrogens with one attached hydrogen (secondary N) is 2. The number of fused-ring (bicyclic) bond motifs is 1. The molecular weight excluding hydrogens is 276 g/mol. The first-order valence-electron chi connectivity index (χ1n) is 7.36. The van der Waals surface area contributed by atoms with Crippen molar-refractivity contribution in [1.82, 2.24) is 19.9 Å². The first kappa shape index (κ1) is 12.9. The summed E-state index contributed by atoms with van der Waals surface area (Å²) in [6.07, 6.45) is 5.63. The van der Waals surface area contributed by atoms with Crippen LogP contribution in [-0.4, -0.2) is 26.0 Å². The van der Waals surface area contributed by atoms with Crippen molar-refractivity contribution >= 4 is 28.5 Å². The molecule has 2 aromatic heterocycles. The van der Waals surface area contributed by atoms with Crippen LogP contribution in [0.15, 0.2) is 36.8 Å². The molecule has 1 aromatic carbocycles. The number of para-hydroxylation sites is 1. The van der Waals surface area contributed by atoms with E-state index in [0.29, 0.717) is 17.8 Å². The number of aromatic nitrogens is 4. The van der Waals surface area contributed by atoms with Crippen molar-refractivity contribution in [3.8, 4) is 0 Å². The molecule has 0 atom stereocenters. The monoisotopic (exact) mass is 292 g/mol. The molecule has 1 fully saturated rings. The summed E-state index contributed by atoms with van der Waals surface area (Å²) in [6.45, 7) is 2.06. The Balaban J connectivity index is 1.74. The Kier molecular flexibility index (Phi) is 3.07. The molecule has 0 amide bonds. The summed E-state index contributed by atoms with van der Waals surface area (Å²) in [7, 11) is 0. The number of nitrogens with zero attached hydrogens (tertiary/aromatic N) is 4. The second kappa shape index (κ2) is 5.22. The lowest BCUT2D eigenvalue weighted by atomic mass is 10.2. The summed E-state index contributed by atoms with van der Waals surface area (Å²) in [6, 6.07) is 8.59. The Morgan fingerprint density at radius 3 is 2.77 bits per heavy atom. The lowest BCUT2D eigenvalue weighted by Gasteiger charge is -2.10. The summed E-state index contributed by atoms with van der Waals surface area (Å²) in [5.74, 6) is 1.33. The molecule has 2 heterocycles. The Bertz CT molecular complexity index is 828. The third kappa shape index (κ3) is 2.55. The molecule has 110 valence electrons. The van der Waals surface area contributed by atoms with Gasteiger partial charge in [-0.05, 0) is 31.4 Å². The molecule has 0 bridgehead atoms. The second-order valence-electron chi connectivity index (χ2n) is 5.51. The Morgan fingerprint density at radius 1 is 1.09 bits per heavy atom. The molecule has 4 rings (SSSR count). The fourth-order valence-electron chi connectivity index (χ4n) is 2.27. The van der Waals surface area contributed by atoms with E-state index >= 15 is 0 Å². The molecule has 0 radical (unpaired) electrons. The fraction of sp³-hybridized carbons (Fsp3) is 0.250. The SMILES string of the molecule is Cc1ccccc1Nc1ncnc2cnc(NC3CC3)nc12. The van der Waals surface area contributed by atoms with Gasteiger partial charge in [-0.1, -0.05) is 18.2 Å². The van der Waals surface area contributed by atoms with Gasteiger partial charge in [-0.3, -0.25) is 0 Å². The van der Waals surface area contributed by atoms with Crippen LogP contribution >= 0.6 is 0 Å². The van der Waals surface area contributed by atoms with Crippen molar-refractivity contribution in [2.24, 2.45) is 0 Å². The molecule has 6 nitrogen and oxygen atoms in total. The van der Waals surface area contributed by atoms with Gasteiger partial charge < -0.3 is 10.6 Å². The molecule has 0 unspecified atom stereocenters. The fourth-order valence-corrected chi connectivity index (χ4v) is 2.27. The summed E-state index contributed by atoms with van der Waals surface area (Å²) >= 11 is 0. The Hall–Kier alpha value is -2.76. The van der Waals surface area contributed by atoms with Crippen LogP contribution in [-0.2, 0) is 0 Å². The van der Waals surface area contributed by atoms with E-state index in [1.807, 2.05) is 18.2 Å². The first-order chi connectivity index (χ1) is 10.8. The molecule has 2 N–H and O–H groups in total. The maximum atomic E-state index is 4.57. The number of anilines is 3. The second-order valence-corrected chi connectivity index (χ2v) is 5.51. The molecule has 22 heavy (non-hydrogen) atoms. The smallest absolute Gasteiger partial charge is 0.223 e. The van der Waals surface area contributed by atoms with Crippen molar-refractivity contribution in [3.05, 3.63) is 42.4 Å². The lowest BCUT2D eigenvalue weighted by Crippen LogP contribution is -2.06. The summed E-state index contributed by atoms with van der Waals surface area (Å²) in [5.41, 5.74) is 3.62. The Labute approximate surface area is 128 Å². The summed E-state index contributed by atoms with van der Waals surface area (Å²) in [4.78, 5) is 17.5. The van der Waals surface area contributed by atoms with Gasteiger partial charge in [0.05, 0.1) is 6.20 Å². The average molecular weight is 292 g/mol. The number of rotatable bonds is 4. The maximum absolute atomic E-state index is 4.57. The van der Waals surface area contributed by atoms with Gasteiger partial charge in [0, 0.05) is 11.7 Å². The van der Waals surface area contributed by atoms with Crippen molar-refractivity contribution < 1.29 is 0 Å². The minimum atomic E-state index is 0.509. The van der Waals surface area contributed by atoms with Gasteiger partial charge in [-0.2, -0.15) is 0 Å². The van der Waals surface area contributed by atoms with Crippen LogP contribution in [0.2, 0.25) is 0 Å². The molecule has 1 aliphatic carbocycles. The van der Waals surface area contributed by atoms with E-state index in [-0.39, 0.29) is 0 Å². The molecular formula is C16H16N6. The molecule has 0 spiro atoms. The van der Waals surface area contributed by atoms with Crippen molar-refractivity contribution in [3.63, 3.8) is 0 Å². The number of hydrogen-bond acceptors (Lipinski definition) is 6. The number of aryl methyl sites for hydroxylation is 1. The van der Waals surface area contributed by atoms with Gasteiger partial charge in [-0.25, -0.2) is 19.9 Å². The van der Waals surface area contributed by atoms with Gasteiger partial charge >= 0.3 is 0 Å². The average Bonchev–Trinajstić information content (AvgIpc) is 3.34. The minimum Gasteiger partial charge on any atom is -0.351 e. The van der Waals surface area contributed by atoms with E-state index in [0.717, 1.165) is 22.3 Å². The van der Waals surface area contributed by atoms with Gasteiger partial charge in [0.2, 0.25) is 5.95 Å². The Morgan fingerprint density at radius 2 is 1.95 bits per heavy atom. The summed E-state index contributed by atoms with van der Waals surface area (Å²) in [5, 5.41) is 6.65. The highest BCUT2D eigenvalue weighted by Crippen LogP contribution is 2.26. The van der Waals surface area contributed by atoms with E-state index in [4.69, 9.17) is 0 Å². The molecule has 0 aliphatic heterocycles. The van der Waals surface area contributed by atoms with Gasteiger partial charge in [0.1, 0.15) is 17.4 Å². The third-order valence-corrected chi connectivity index (χ3v) is 3.69. The molecule has 1 aliphatic rings. The molecule has 6 heteroatoms. The zero-order valence-electron chi connectivity index (χ0n) is 12.2. The van der Waals surface area contributed by atoms with Crippen LogP contribution in [0, 0.1) is 6.92 Å². The molecule has 0 saturated heterocycles. The number of hydrogen-bond donors (Lipinski definition) is 2. The predicted molar refractivity (Wildman–Crippen MR) is 86.2 cm³/mol. The van der Waals surface area contributed by atoms with Crippen LogP contribution < -0.4 is 10.6 Å². The number of benzene rings is 1. The summed E-state index contributed by atoms with van der Waals surface area (Å²) < 4.78 is 0. The molecule has 3 aromatic rings. The van der Waals surface area contributed by atoms with Crippen molar-refractivity contribution in [2.45, 2.75) is 25.8 Å². The standard InChI is InChI=1S/C16H16N6/c1-10-4-2-3-5-12(10)21-15-14-13(18-9-19-15)8-17-16(22-14)20-11-6-7-11/h2-5,8-9,11H,6-7H2,1H3,(H,17,20,22)(H,18,19,21). The third-order valence-electron chi connectivity index (χ3n) is 3.69.